The van der Waals surface area contributed by atoms with E-state index in [4.69, 9.17) is 9.47 Å². The standard InChI is InChI=1S/C22H29FO3/c1-13-10-14(2)18(15(3)11-13)19-17(25-5)12-22(4,21(19)24)20(23)16-6-8-26-9-7-16/h10-11,16,20H,6-9,12H2,1-5H3. The molecule has 1 heterocycles. The Morgan fingerprint density at radius 3 is 2.31 bits per heavy atom. The number of methoxy groups -OCH3 is 1. The maximum absolute atomic E-state index is 15.5. The summed E-state index contributed by atoms with van der Waals surface area (Å²) in [6.07, 6.45) is 0.477. The van der Waals surface area contributed by atoms with E-state index in [0.29, 0.717) is 43.8 Å². The molecule has 1 fully saturated rings. The highest BCUT2D eigenvalue weighted by atomic mass is 19.1. The minimum Gasteiger partial charge on any atom is -0.500 e. The maximum atomic E-state index is 15.5. The molecule has 3 nitrogen and oxygen atoms in total. The highest BCUT2D eigenvalue weighted by molar-refractivity contribution is 6.27. The zero-order valence-corrected chi connectivity index (χ0v) is 16.4. The van der Waals surface area contributed by atoms with Gasteiger partial charge in [-0.2, -0.15) is 0 Å². The average Bonchev–Trinajstić information content (AvgIpc) is 2.87. The fourth-order valence-electron chi connectivity index (χ4n) is 4.67. The number of carbonyl (C=O) groups is 1. The quantitative estimate of drug-likeness (QED) is 0.780. The maximum Gasteiger partial charge on any atom is 0.176 e. The van der Waals surface area contributed by atoms with Crippen molar-refractivity contribution in [2.45, 2.75) is 53.1 Å². The first-order chi connectivity index (χ1) is 12.3. The number of allylic oxidation sites excluding steroid dienone is 2. The normalized spacial score (nSPS) is 25.7. The first kappa shape index (κ1) is 19.1. The van der Waals surface area contributed by atoms with Crippen LogP contribution in [0.25, 0.3) is 5.57 Å². The molecule has 1 aromatic carbocycles. The molecule has 3 rings (SSSR count). The predicted octanol–water partition coefficient (Wildman–Crippen LogP) is 4.71. The smallest absolute Gasteiger partial charge is 0.176 e. The summed E-state index contributed by atoms with van der Waals surface area (Å²) in [7, 11) is 1.58. The highest BCUT2D eigenvalue weighted by Gasteiger charge is 2.53. The van der Waals surface area contributed by atoms with Crippen molar-refractivity contribution in [1.29, 1.82) is 0 Å². The summed E-state index contributed by atoms with van der Waals surface area (Å²) in [5, 5.41) is 0. The van der Waals surface area contributed by atoms with Gasteiger partial charge in [0.1, 0.15) is 11.9 Å². The molecule has 2 atom stereocenters. The number of rotatable bonds is 4. The average molecular weight is 360 g/mol. The largest absolute Gasteiger partial charge is 0.500 e. The van der Waals surface area contributed by atoms with Gasteiger partial charge < -0.3 is 9.47 Å². The lowest BCUT2D eigenvalue weighted by atomic mass is 9.72. The molecule has 0 amide bonds. The third kappa shape index (κ3) is 3.09. The molecular formula is C22H29FO3. The number of halogens is 1. The van der Waals surface area contributed by atoms with Gasteiger partial charge in [0, 0.05) is 19.6 Å². The van der Waals surface area contributed by atoms with Crippen LogP contribution in [0.1, 0.15) is 48.4 Å². The molecule has 4 heteroatoms. The van der Waals surface area contributed by atoms with Crippen LogP contribution in [0.4, 0.5) is 4.39 Å². The fourth-order valence-corrected chi connectivity index (χ4v) is 4.67. The summed E-state index contributed by atoms with van der Waals surface area (Å²) < 4.78 is 26.5. The first-order valence-corrected chi connectivity index (χ1v) is 9.41. The van der Waals surface area contributed by atoms with Crippen molar-refractivity contribution in [3.63, 3.8) is 0 Å². The van der Waals surface area contributed by atoms with E-state index in [1.807, 2.05) is 20.8 Å². The number of alkyl halides is 1. The number of aryl methyl sites for hydroxylation is 3. The number of carbonyl (C=O) groups excluding carboxylic acids is 1. The summed E-state index contributed by atoms with van der Waals surface area (Å²) in [5.74, 6) is 0.362. The van der Waals surface area contributed by atoms with E-state index in [1.54, 1.807) is 14.0 Å². The number of ketones is 1. The van der Waals surface area contributed by atoms with Crippen molar-refractivity contribution in [1.82, 2.24) is 0 Å². The third-order valence-corrected chi connectivity index (χ3v) is 6.01. The van der Waals surface area contributed by atoms with Crippen molar-refractivity contribution in [2.75, 3.05) is 20.3 Å². The van der Waals surface area contributed by atoms with Gasteiger partial charge in [0.2, 0.25) is 0 Å². The number of hydrogen-bond donors (Lipinski definition) is 0. The lowest BCUT2D eigenvalue weighted by Crippen LogP contribution is -2.41. The SMILES string of the molecule is COC1=C(c2c(C)cc(C)cc2C)C(=O)C(C)(C(F)C2CCOCC2)C1. The molecule has 2 aliphatic rings. The van der Waals surface area contributed by atoms with E-state index in [0.717, 1.165) is 22.3 Å². The molecule has 1 saturated heterocycles. The predicted molar refractivity (Wildman–Crippen MR) is 101 cm³/mol. The van der Waals surface area contributed by atoms with Crippen molar-refractivity contribution < 1.29 is 18.7 Å². The van der Waals surface area contributed by atoms with Crippen LogP contribution in [-0.4, -0.2) is 32.3 Å². The Balaban J connectivity index is 2.00. The Morgan fingerprint density at radius 1 is 1.19 bits per heavy atom. The third-order valence-electron chi connectivity index (χ3n) is 6.01. The van der Waals surface area contributed by atoms with E-state index >= 15 is 4.39 Å². The number of Topliss-reactive ketones (excluding diaryl/α,β-unsaturated/α-hetero) is 1. The lowest BCUT2D eigenvalue weighted by Gasteiger charge is -2.35. The Morgan fingerprint density at radius 2 is 1.77 bits per heavy atom. The summed E-state index contributed by atoms with van der Waals surface area (Å²) >= 11 is 0. The van der Waals surface area contributed by atoms with Crippen LogP contribution < -0.4 is 0 Å². The van der Waals surface area contributed by atoms with E-state index in [2.05, 4.69) is 12.1 Å². The van der Waals surface area contributed by atoms with Gasteiger partial charge in [-0.25, -0.2) is 4.39 Å². The van der Waals surface area contributed by atoms with Gasteiger partial charge in [-0.1, -0.05) is 17.7 Å². The van der Waals surface area contributed by atoms with Crippen molar-refractivity contribution in [3.8, 4) is 0 Å². The van der Waals surface area contributed by atoms with Crippen LogP contribution in [0.5, 0.6) is 0 Å². The molecule has 0 aromatic heterocycles. The molecule has 1 aromatic rings. The second kappa shape index (κ2) is 7.15. The van der Waals surface area contributed by atoms with Crippen LogP contribution in [0, 0.1) is 32.1 Å². The molecule has 2 unspecified atom stereocenters. The molecule has 0 saturated carbocycles. The molecular weight excluding hydrogens is 331 g/mol. The topological polar surface area (TPSA) is 35.5 Å². The second-order valence-corrected chi connectivity index (χ2v) is 8.05. The first-order valence-electron chi connectivity index (χ1n) is 9.41. The van der Waals surface area contributed by atoms with E-state index in [1.165, 1.54) is 0 Å². The molecule has 142 valence electrons. The Kier molecular flexibility index (Phi) is 5.25. The molecule has 1 aliphatic carbocycles. The van der Waals surface area contributed by atoms with Gasteiger partial charge in [-0.3, -0.25) is 4.79 Å². The number of ether oxygens (including phenoxy) is 2. The highest BCUT2D eigenvalue weighted by Crippen LogP contribution is 2.50. The minimum atomic E-state index is -1.19. The van der Waals surface area contributed by atoms with Gasteiger partial charge in [-0.05, 0) is 63.1 Å². The van der Waals surface area contributed by atoms with Crippen LogP contribution in [0.3, 0.4) is 0 Å². The van der Waals surface area contributed by atoms with Gasteiger partial charge in [0.25, 0.3) is 0 Å². The molecule has 0 bridgehead atoms. The lowest BCUT2D eigenvalue weighted by molar-refractivity contribution is -0.127. The van der Waals surface area contributed by atoms with Crippen molar-refractivity contribution in [2.24, 2.45) is 11.3 Å². The van der Waals surface area contributed by atoms with Crippen LogP contribution in [0.2, 0.25) is 0 Å². The van der Waals surface area contributed by atoms with Gasteiger partial charge in [0.05, 0.1) is 18.1 Å². The Hall–Kier alpha value is -1.68. The van der Waals surface area contributed by atoms with Crippen molar-refractivity contribution in [3.05, 3.63) is 40.1 Å². The summed E-state index contributed by atoms with van der Waals surface area (Å²) in [6.45, 7) is 8.96. The van der Waals surface area contributed by atoms with Gasteiger partial charge in [-0.15, -0.1) is 0 Å². The molecule has 26 heavy (non-hydrogen) atoms. The monoisotopic (exact) mass is 360 g/mol. The molecule has 1 aliphatic heterocycles. The van der Waals surface area contributed by atoms with Crippen LogP contribution in [0.15, 0.2) is 17.9 Å². The number of benzene rings is 1. The van der Waals surface area contributed by atoms with Crippen LogP contribution >= 0.6 is 0 Å². The summed E-state index contributed by atoms with van der Waals surface area (Å²) in [4.78, 5) is 13.5. The van der Waals surface area contributed by atoms with E-state index < -0.39 is 11.6 Å². The molecule has 0 N–H and O–H groups in total. The zero-order valence-electron chi connectivity index (χ0n) is 16.4. The summed E-state index contributed by atoms with van der Waals surface area (Å²) in [5.41, 5.74) is 3.63. The second-order valence-electron chi connectivity index (χ2n) is 8.05. The summed E-state index contributed by atoms with van der Waals surface area (Å²) in [6, 6.07) is 4.13. The minimum absolute atomic E-state index is 0.122. The fraction of sp³-hybridized carbons (Fsp3) is 0.591. The van der Waals surface area contributed by atoms with Gasteiger partial charge >= 0.3 is 0 Å². The van der Waals surface area contributed by atoms with Crippen LogP contribution in [-0.2, 0) is 14.3 Å². The van der Waals surface area contributed by atoms with E-state index in [-0.39, 0.29) is 11.7 Å². The molecule has 0 radical (unpaired) electrons. The zero-order chi connectivity index (χ0) is 19.1. The van der Waals surface area contributed by atoms with E-state index in [9.17, 15) is 4.79 Å². The Labute approximate surface area is 155 Å². The molecule has 0 spiro atoms. The van der Waals surface area contributed by atoms with Crippen molar-refractivity contribution >= 4 is 11.4 Å². The number of hydrogen-bond acceptors (Lipinski definition) is 3. The Bertz CT molecular complexity index is 723. The van der Waals surface area contributed by atoms with Gasteiger partial charge in [0.15, 0.2) is 5.78 Å².